The molecule has 0 aliphatic heterocycles. The van der Waals surface area contributed by atoms with Crippen LogP contribution in [0.3, 0.4) is 0 Å². The quantitative estimate of drug-likeness (QED) is 0.613. The van der Waals surface area contributed by atoms with E-state index in [2.05, 4.69) is 4.74 Å². The van der Waals surface area contributed by atoms with Crippen LogP contribution >= 0.6 is 0 Å². The Hall–Kier alpha value is -3.12. The molecule has 0 unspecified atom stereocenters. The van der Waals surface area contributed by atoms with Gasteiger partial charge in [0.25, 0.3) is 0 Å². The SMILES string of the molecule is COC.COC(=O)c1c(C=O)cccc1-c1cccc(C=O)c1C=O. The monoisotopic (exact) mass is 342 g/mol. The van der Waals surface area contributed by atoms with Gasteiger partial charge in [-0.05, 0) is 11.1 Å². The Morgan fingerprint density at radius 2 is 1.32 bits per heavy atom. The first kappa shape index (κ1) is 19.9. The summed E-state index contributed by atoms with van der Waals surface area (Å²) in [6.45, 7) is 0. The van der Waals surface area contributed by atoms with Crippen LogP contribution in [-0.2, 0) is 9.47 Å². The first-order valence-corrected chi connectivity index (χ1v) is 7.19. The number of carbonyl (C=O) groups excluding carboxylic acids is 4. The molecule has 0 fully saturated rings. The minimum atomic E-state index is -0.689. The number of carbonyl (C=O) groups is 4. The van der Waals surface area contributed by atoms with Crippen LogP contribution < -0.4 is 0 Å². The fourth-order valence-corrected chi connectivity index (χ4v) is 2.27. The molecular weight excluding hydrogens is 324 g/mol. The van der Waals surface area contributed by atoms with Gasteiger partial charge in [0.05, 0.1) is 12.7 Å². The molecule has 0 atom stereocenters. The predicted octanol–water partition coefficient (Wildman–Crippen LogP) is 2.84. The second-order valence-electron chi connectivity index (χ2n) is 4.83. The van der Waals surface area contributed by atoms with E-state index in [1.807, 2.05) is 0 Å². The van der Waals surface area contributed by atoms with Crippen molar-refractivity contribution in [2.75, 3.05) is 21.3 Å². The van der Waals surface area contributed by atoms with Crippen LogP contribution in [0.1, 0.15) is 41.4 Å². The minimum absolute atomic E-state index is 0.0612. The summed E-state index contributed by atoms with van der Waals surface area (Å²) in [5.74, 6) is -0.689. The molecule has 0 aliphatic carbocycles. The lowest BCUT2D eigenvalue weighted by Crippen LogP contribution is -2.08. The lowest BCUT2D eigenvalue weighted by Gasteiger charge is -2.13. The van der Waals surface area contributed by atoms with Gasteiger partial charge < -0.3 is 9.47 Å². The predicted molar refractivity (Wildman–Crippen MR) is 92.3 cm³/mol. The number of hydrogen-bond donors (Lipinski definition) is 0. The second-order valence-corrected chi connectivity index (χ2v) is 4.83. The van der Waals surface area contributed by atoms with Crippen LogP contribution in [0.2, 0.25) is 0 Å². The summed E-state index contributed by atoms with van der Waals surface area (Å²) in [4.78, 5) is 45.6. The van der Waals surface area contributed by atoms with E-state index < -0.39 is 5.97 Å². The van der Waals surface area contributed by atoms with Crippen LogP contribution in [0.25, 0.3) is 11.1 Å². The van der Waals surface area contributed by atoms with Gasteiger partial charge >= 0.3 is 5.97 Å². The zero-order valence-electron chi connectivity index (χ0n) is 14.1. The standard InChI is InChI=1S/C17H12O5.C2H6O/c1-22-17(21)16-12(9-19)5-3-7-14(16)13-6-2-4-11(8-18)15(13)10-20;1-3-2/h2-10H,1H3;1-2H3. The van der Waals surface area contributed by atoms with Gasteiger partial charge in [0.15, 0.2) is 18.9 Å². The zero-order chi connectivity index (χ0) is 18.8. The highest BCUT2D eigenvalue weighted by molar-refractivity contribution is 6.07. The molecule has 0 spiro atoms. The van der Waals surface area contributed by atoms with Crippen molar-refractivity contribution in [3.63, 3.8) is 0 Å². The second kappa shape index (κ2) is 9.89. The van der Waals surface area contributed by atoms with Gasteiger partial charge in [-0.15, -0.1) is 0 Å². The fraction of sp³-hybridized carbons (Fsp3) is 0.158. The number of esters is 1. The Kier molecular flexibility index (Phi) is 7.89. The average molecular weight is 342 g/mol. The molecule has 0 radical (unpaired) electrons. The molecular formula is C19H18O6. The van der Waals surface area contributed by atoms with Crippen molar-refractivity contribution in [2.24, 2.45) is 0 Å². The molecule has 25 heavy (non-hydrogen) atoms. The Morgan fingerprint density at radius 1 is 0.800 bits per heavy atom. The fourth-order valence-electron chi connectivity index (χ4n) is 2.27. The third kappa shape index (κ3) is 4.45. The molecule has 0 N–H and O–H groups in total. The first-order chi connectivity index (χ1) is 12.1. The van der Waals surface area contributed by atoms with E-state index in [4.69, 9.17) is 4.74 Å². The number of aldehydes is 3. The molecule has 2 aromatic rings. The molecule has 0 aromatic heterocycles. The third-order valence-electron chi connectivity index (χ3n) is 3.29. The van der Waals surface area contributed by atoms with Gasteiger partial charge in [-0.1, -0.05) is 36.4 Å². The molecule has 2 rings (SSSR count). The summed E-state index contributed by atoms with van der Waals surface area (Å²) in [6.07, 6.45) is 1.66. The lowest BCUT2D eigenvalue weighted by atomic mass is 9.91. The van der Waals surface area contributed by atoms with Gasteiger partial charge in [-0.3, -0.25) is 14.4 Å². The summed E-state index contributed by atoms with van der Waals surface area (Å²) < 4.78 is 8.97. The zero-order valence-corrected chi connectivity index (χ0v) is 14.1. The summed E-state index contributed by atoms with van der Waals surface area (Å²) in [5, 5.41) is 0. The highest BCUT2D eigenvalue weighted by atomic mass is 16.5. The number of benzene rings is 2. The summed E-state index contributed by atoms with van der Waals surface area (Å²) >= 11 is 0. The third-order valence-corrected chi connectivity index (χ3v) is 3.29. The molecule has 0 amide bonds. The van der Waals surface area contributed by atoms with Gasteiger partial charge in [-0.25, -0.2) is 4.79 Å². The Labute approximate surface area is 145 Å². The van der Waals surface area contributed by atoms with E-state index >= 15 is 0 Å². The van der Waals surface area contributed by atoms with Crippen LogP contribution in [0.4, 0.5) is 0 Å². The van der Waals surface area contributed by atoms with Crippen molar-refractivity contribution < 1.29 is 28.7 Å². The summed E-state index contributed by atoms with van der Waals surface area (Å²) in [7, 11) is 4.45. The van der Waals surface area contributed by atoms with Gasteiger partial charge in [0, 0.05) is 30.9 Å². The molecule has 2 aromatic carbocycles. The van der Waals surface area contributed by atoms with E-state index in [-0.39, 0.29) is 22.3 Å². The molecule has 6 heteroatoms. The maximum Gasteiger partial charge on any atom is 0.339 e. The number of hydrogen-bond acceptors (Lipinski definition) is 6. The maximum absolute atomic E-state index is 12.0. The minimum Gasteiger partial charge on any atom is -0.465 e. The molecule has 6 nitrogen and oxygen atoms in total. The van der Waals surface area contributed by atoms with Crippen molar-refractivity contribution in [3.8, 4) is 11.1 Å². The van der Waals surface area contributed by atoms with Crippen LogP contribution in [0, 0.1) is 0 Å². The van der Waals surface area contributed by atoms with Crippen molar-refractivity contribution in [1.29, 1.82) is 0 Å². The maximum atomic E-state index is 12.0. The van der Waals surface area contributed by atoms with Gasteiger partial charge in [0.2, 0.25) is 0 Å². The first-order valence-electron chi connectivity index (χ1n) is 7.19. The van der Waals surface area contributed by atoms with Crippen LogP contribution in [0.5, 0.6) is 0 Å². The van der Waals surface area contributed by atoms with Crippen molar-refractivity contribution >= 4 is 24.8 Å². The highest BCUT2D eigenvalue weighted by Gasteiger charge is 2.20. The number of methoxy groups -OCH3 is 2. The van der Waals surface area contributed by atoms with Gasteiger partial charge in [-0.2, -0.15) is 0 Å². The molecule has 0 bridgehead atoms. The van der Waals surface area contributed by atoms with Crippen molar-refractivity contribution in [3.05, 3.63) is 58.7 Å². The Morgan fingerprint density at radius 3 is 1.80 bits per heavy atom. The van der Waals surface area contributed by atoms with E-state index in [0.29, 0.717) is 30.0 Å². The van der Waals surface area contributed by atoms with Crippen molar-refractivity contribution in [1.82, 2.24) is 0 Å². The molecule has 0 aliphatic rings. The van der Waals surface area contributed by atoms with Crippen LogP contribution in [0.15, 0.2) is 36.4 Å². The normalized spacial score (nSPS) is 9.40. The highest BCUT2D eigenvalue weighted by Crippen LogP contribution is 2.30. The largest absolute Gasteiger partial charge is 0.465 e. The van der Waals surface area contributed by atoms with E-state index in [1.54, 1.807) is 38.5 Å². The van der Waals surface area contributed by atoms with E-state index in [1.165, 1.54) is 19.2 Å². The average Bonchev–Trinajstić information content (AvgIpc) is 2.66. The van der Waals surface area contributed by atoms with Crippen LogP contribution in [-0.4, -0.2) is 46.2 Å². The van der Waals surface area contributed by atoms with Crippen molar-refractivity contribution in [2.45, 2.75) is 0 Å². The topological polar surface area (TPSA) is 86.7 Å². The van der Waals surface area contributed by atoms with E-state index in [0.717, 1.165) is 0 Å². The Bertz CT molecular complexity index is 779. The molecule has 0 heterocycles. The number of rotatable bonds is 5. The summed E-state index contributed by atoms with van der Waals surface area (Å²) in [5.41, 5.74) is 1.33. The summed E-state index contributed by atoms with van der Waals surface area (Å²) in [6, 6.07) is 9.37. The lowest BCUT2D eigenvalue weighted by molar-refractivity contribution is 0.0599. The Balaban J connectivity index is 0.000000970. The smallest absolute Gasteiger partial charge is 0.339 e. The number of ether oxygens (including phenoxy) is 2. The molecule has 0 saturated carbocycles. The van der Waals surface area contributed by atoms with Gasteiger partial charge in [0.1, 0.15) is 0 Å². The molecule has 130 valence electrons. The van der Waals surface area contributed by atoms with E-state index in [9.17, 15) is 19.2 Å². The molecule has 0 saturated heterocycles.